The summed E-state index contributed by atoms with van der Waals surface area (Å²) in [7, 11) is 0. The molecule has 0 spiro atoms. The van der Waals surface area contributed by atoms with Crippen molar-refractivity contribution in [1.82, 2.24) is 9.88 Å². The fourth-order valence-corrected chi connectivity index (χ4v) is 4.97. The van der Waals surface area contributed by atoms with E-state index in [1.165, 1.54) is 18.4 Å². The lowest BCUT2D eigenvalue weighted by Gasteiger charge is -2.38. The van der Waals surface area contributed by atoms with Crippen LogP contribution in [0.4, 0.5) is 0 Å². The van der Waals surface area contributed by atoms with Gasteiger partial charge in [0.15, 0.2) is 17.3 Å². The third-order valence-corrected chi connectivity index (χ3v) is 6.24. The molecule has 2 aliphatic rings. The molecule has 0 saturated carbocycles. The van der Waals surface area contributed by atoms with Crippen molar-refractivity contribution in [3.8, 4) is 0 Å². The van der Waals surface area contributed by atoms with Gasteiger partial charge in [0, 0.05) is 37.0 Å². The second kappa shape index (κ2) is 6.61. The summed E-state index contributed by atoms with van der Waals surface area (Å²) in [5.41, 5.74) is 3.67. The van der Waals surface area contributed by atoms with E-state index in [1.807, 2.05) is 25.1 Å². The number of aromatic nitrogens is 1. The molecule has 2 bridgehead atoms. The second-order valence-electron chi connectivity index (χ2n) is 7.99. The van der Waals surface area contributed by atoms with Crippen molar-refractivity contribution in [2.24, 2.45) is 5.92 Å². The van der Waals surface area contributed by atoms with Gasteiger partial charge in [0.1, 0.15) is 5.52 Å². The summed E-state index contributed by atoms with van der Waals surface area (Å²) < 4.78 is 5.53. The monoisotopic (exact) mass is 360 g/mol. The number of nitrogens with zero attached hydrogens (tertiary/aromatic N) is 2. The molecule has 3 heterocycles. The quantitative estimate of drug-likeness (QED) is 0.629. The number of Topliss-reactive ketones (excluding diaryl/α,β-unsaturated/α-hetero) is 1. The van der Waals surface area contributed by atoms with Crippen molar-refractivity contribution < 1.29 is 9.21 Å². The summed E-state index contributed by atoms with van der Waals surface area (Å²) in [6.45, 7) is 2.84. The molecule has 0 radical (unpaired) electrons. The van der Waals surface area contributed by atoms with Crippen LogP contribution in [-0.4, -0.2) is 27.8 Å². The zero-order chi connectivity index (χ0) is 18.4. The predicted octanol–water partition coefficient (Wildman–Crippen LogP) is 4.76. The average molecular weight is 360 g/mol. The Balaban J connectivity index is 1.33. The molecular formula is C23H24N2O2. The maximum atomic E-state index is 13.2. The van der Waals surface area contributed by atoms with E-state index in [2.05, 4.69) is 40.2 Å². The molecule has 2 aromatic carbocycles. The van der Waals surface area contributed by atoms with Gasteiger partial charge in [-0.3, -0.25) is 9.69 Å². The molecule has 1 aromatic heterocycles. The van der Waals surface area contributed by atoms with Crippen LogP contribution in [0, 0.1) is 12.8 Å². The van der Waals surface area contributed by atoms with Crippen LogP contribution in [-0.2, 0) is 6.54 Å². The highest BCUT2D eigenvalue weighted by Crippen LogP contribution is 2.40. The maximum absolute atomic E-state index is 13.2. The summed E-state index contributed by atoms with van der Waals surface area (Å²) in [5.74, 6) is 1.04. The highest BCUT2D eigenvalue weighted by molar-refractivity contribution is 6.00. The van der Waals surface area contributed by atoms with Crippen molar-refractivity contribution >= 4 is 16.9 Å². The number of carbonyl (C=O) groups is 1. The molecule has 5 rings (SSSR count). The molecule has 2 fully saturated rings. The molecule has 138 valence electrons. The van der Waals surface area contributed by atoms with E-state index in [4.69, 9.17) is 4.42 Å². The fourth-order valence-electron chi connectivity index (χ4n) is 4.97. The van der Waals surface area contributed by atoms with Crippen LogP contribution < -0.4 is 0 Å². The van der Waals surface area contributed by atoms with E-state index in [9.17, 15) is 4.79 Å². The van der Waals surface area contributed by atoms with Crippen LogP contribution in [0.5, 0.6) is 0 Å². The number of carbonyl (C=O) groups excluding carboxylic acids is 1. The number of benzene rings is 2. The number of aryl methyl sites for hydroxylation is 1. The third kappa shape index (κ3) is 3.08. The van der Waals surface area contributed by atoms with Gasteiger partial charge in [0.2, 0.25) is 0 Å². The van der Waals surface area contributed by atoms with E-state index >= 15 is 0 Å². The highest BCUT2D eigenvalue weighted by atomic mass is 16.3. The first-order valence-corrected chi connectivity index (χ1v) is 9.88. The van der Waals surface area contributed by atoms with Crippen LogP contribution in [0.15, 0.2) is 52.9 Å². The van der Waals surface area contributed by atoms with Gasteiger partial charge in [-0.1, -0.05) is 30.3 Å². The Labute approximate surface area is 159 Å². The van der Waals surface area contributed by atoms with Gasteiger partial charge in [-0.15, -0.1) is 0 Å². The molecule has 2 aliphatic heterocycles. The zero-order valence-corrected chi connectivity index (χ0v) is 15.6. The number of rotatable bonds is 4. The van der Waals surface area contributed by atoms with Gasteiger partial charge in [-0.05, 0) is 49.4 Å². The Morgan fingerprint density at radius 3 is 2.59 bits per heavy atom. The number of ketones is 1. The Morgan fingerprint density at radius 1 is 1.11 bits per heavy atom. The second-order valence-corrected chi connectivity index (χ2v) is 7.99. The van der Waals surface area contributed by atoms with Crippen molar-refractivity contribution in [2.75, 3.05) is 0 Å². The molecule has 0 aliphatic carbocycles. The molecule has 4 heteroatoms. The molecular weight excluding hydrogens is 336 g/mol. The van der Waals surface area contributed by atoms with Crippen molar-refractivity contribution in [1.29, 1.82) is 0 Å². The van der Waals surface area contributed by atoms with Crippen molar-refractivity contribution in [3.05, 3.63) is 65.5 Å². The summed E-state index contributed by atoms with van der Waals surface area (Å²) in [5, 5.41) is 0. The van der Waals surface area contributed by atoms with Gasteiger partial charge >= 0.3 is 0 Å². The maximum Gasteiger partial charge on any atom is 0.192 e. The van der Waals surface area contributed by atoms with Gasteiger partial charge in [0.05, 0.1) is 0 Å². The van der Waals surface area contributed by atoms with Crippen molar-refractivity contribution in [3.63, 3.8) is 0 Å². The smallest absolute Gasteiger partial charge is 0.192 e. The minimum atomic E-state index is 0.125. The normalized spacial score (nSPS) is 25.1. The number of oxazole rings is 1. The van der Waals surface area contributed by atoms with Gasteiger partial charge in [0.25, 0.3) is 0 Å². The van der Waals surface area contributed by atoms with Crippen LogP contribution in [0.1, 0.15) is 47.5 Å². The Morgan fingerprint density at radius 2 is 1.85 bits per heavy atom. The van der Waals surface area contributed by atoms with Gasteiger partial charge in [-0.25, -0.2) is 4.98 Å². The lowest BCUT2D eigenvalue weighted by molar-refractivity contribution is 0.0678. The van der Waals surface area contributed by atoms with E-state index < -0.39 is 0 Å². The van der Waals surface area contributed by atoms with E-state index in [-0.39, 0.29) is 11.7 Å². The predicted molar refractivity (Wildman–Crippen MR) is 105 cm³/mol. The first-order chi connectivity index (χ1) is 13.2. The Kier molecular flexibility index (Phi) is 4.09. The molecule has 2 saturated heterocycles. The van der Waals surface area contributed by atoms with Crippen molar-refractivity contribution in [2.45, 2.75) is 51.2 Å². The first kappa shape index (κ1) is 16.7. The number of piperidine rings is 1. The molecule has 0 N–H and O–H groups in total. The lowest BCUT2D eigenvalue weighted by Crippen LogP contribution is -2.44. The van der Waals surface area contributed by atoms with E-state index in [0.29, 0.717) is 18.0 Å². The summed E-state index contributed by atoms with van der Waals surface area (Å²) in [6, 6.07) is 17.4. The summed E-state index contributed by atoms with van der Waals surface area (Å²) >= 11 is 0. The highest BCUT2D eigenvalue weighted by Gasteiger charge is 2.42. The molecule has 2 unspecified atom stereocenters. The lowest BCUT2D eigenvalue weighted by atomic mass is 9.84. The Bertz CT molecular complexity index is 964. The molecule has 4 nitrogen and oxygen atoms in total. The van der Waals surface area contributed by atoms with Crippen LogP contribution in [0.25, 0.3) is 11.1 Å². The van der Waals surface area contributed by atoms with E-state index in [1.54, 1.807) is 0 Å². The third-order valence-electron chi connectivity index (χ3n) is 6.24. The molecule has 27 heavy (non-hydrogen) atoms. The first-order valence-electron chi connectivity index (χ1n) is 9.88. The average Bonchev–Trinajstić information content (AvgIpc) is 3.15. The SMILES string of the molecule is Cc1nc2cc(C(=O)C3CC4CCC(C3)N4Cc3ccccc3)ccc2o1. The number of fused-ring (bicyclic) bond motifs is 3. The van der Waals surface area contributed by atoms with Crippen LogP contribution in [0.3, 0.4) is 0 Å². The summed E-state index contributed by atoms with van der Waals surface area (Å²) in [6.07, 6.45) is 4.36. The molecule has 0 amide bonds. The minimum Gasteiger partial charge on any atom is -0.441 e. The topological polar surface area (TPSA) is 46.3 Å². The minimum absolute atomic E-state index is 0.125. The number of hydrogen-bond donors (Lipinski definition) is 0. The molecule has 3 aromatic rings. The van der Waals surface area contributed by atoms with Gasteiger partial charge in [-0.2, -0.15) is 0 Å². The Hall–Kier alpha value is -2.46. The molecule has 2 atom stereocenters. The van der Waals surface area contributed by atoms with Crippen LogP contribution in [0.2, 0.25) is 0 Å². The van der Waals surface area contributed by atoms with Gasteiger partial charge < -0.3 is 4.42 Å². The number of hydrogen-bond acceptors (Lipinski definition) is 4. The zero-order valence-electron chi connectivity index (χ0n) is 15.6. The van der Waals surface area contributed by atoms with Crippen LogP contribution >= 0.6 is 0 Å². The van der Waals surface area contributed by atoms with E-state index in [0.717, 1.165) is 36.0 Å². The standard InChI is InChI=1S/C23H24N2O2/c1-15-24-21-13-17(7-10-22(21)27-15)23(26)18-11-19-8-9-20(12-18)25(19)14-16-5-3-2-4-6-16/h2-7,10,13,18-20H,8-9,11-12,14H2,1H3. The largest absolute Gasteiger partial charge is 0.441 e. The summed E-state index contributed by atoms with van der Waals surface area (Å²) in [4.78, 5) is 20.2. The fraction of sp³-hybridized carbons (Fsp3) is 0.391.